The first-order valence-electron chi connectivity index (χ1n) is 20.8. The minimum absolute atomic E-state index is 0.0294. The summed E-state index contributed by atoms with van der Waals surface area (Å²) >= 11 is 0. The van der Waals surface area contributed by atoms with E-state index < -0.39 is 0 Å². The number of benzene rings is 8. The Morgan fingerprint density at radius 1 is 0.322 bits per heavy atom. The van der Waals surface area contributed by atoms with Crippen LogP contribution < -0.4 is 9.80 Å². The van der Waals surface area contributed by atoms with Crippen molar-refractivity contribution in [2.45, 2.75) is 32.1 Å². The molecule has 0 spiro atoms. The van der Waals surface area contributed by atoms with Gasteiger partial charge in [-0.05, 0) is 130 Å². The molecular weight excluding hydrogens is 713 g/mol. The van der Waals surface area contributed by atoms with Crippen LogP contribution in [0, 0.1) is 0 Å². The van der Waals surface area contributed by atoms with E-state index in [1.807, 2.05) is 0 Å². The fourth-order valence-electron chi connectivity index (χ4n) is 8.81. The van der Waals surface area contributed by atoms with Gasteiger partial charge in [0.15, 0.2) is 0 Å². The van der Waals surface area contributed by atoms with Gasteiger partial charge >= 0.3 is 0 Å². The van der Waals surface area contributed by atoms with Crippen molar-refractivity contribution in [2.75, 3.05) is 9.80 Å². The van der Waals surface area contributed by atoms with E-state index in [0.717, 1.165) is 47.0 Å². The molecule has 0 N–H and O–H groups in total. The van der Waals surface area contributed by atoms with E-state index in [2.05, 4.69) is 254 Å². The van der Waals surface area contributed by atoms with Gasteiger partial charge in [0.25, 0.3) is 0 Å². The highest BCUT2D eigenvalue weighted by Crippen LogP contribution is 2.53. The molecule has 2 heteroatoms. The van der Waals surface area contributed by atoms with E-state index in [-0.39, 0.29) is 5.41 Å². The van der Waals surface area contributed by atoms with Gasteiger partial charge in [-0.1, -0.05) is 172 Å². The van der Waals surface area contributed by atoms with Gasteiger partial charge in [0.05, 0.1) is 0 Å². The Balaban J connectivity index is 0.944. The lowest BCUT2D eigenvalue weighted by atomic mass is 9.73. The molecule has 0 aromatic heterocycles. The highest BCUT2D eigenvalue weighted by Gasteiger charge is 2.40. The Morgan fingerprint density at radius 3 is 0.898 bits per heavy atom. The van der Waals surface area contributed by atoms with Crippen LogP contribution >= 0.6 is 0 Å². The van der Waals surface area contributed by atoms with E-state index in [0.29, 0.717) is 0 Å². The molecule has 0 amide bonds. The number of fused-ring (bicyclic) bond motifs is 3. The normalized spacial score (nSPS) is 12.7. The standard InChI is InChI=1S/C57H48N2/c1-3-57(4-2)55-41-45(27-25-43-29-35-51(36-30-43)58(47-17-9-5-10-18-47)48-19-11-6-12-20-48)33-39-53(55)54-40-34-46(42-56(54)57)28-26-44-31-37-52(38-32-44)59(49-21-13-7-14-22-49)50-23-15-8-16-24-50/h5-42H,3-4H2,1-2H3. The summed E-state index contributed by atoms with van der Waals surface area (Å²) in [6.45, 7) is 4.69. The van der Waals surface area contributed by atoms with Gasteiger partial charge in [-0.3, -0.25) is 0 Å². The molecule has 1 aliphatic rings. The number of rotatable bonds is 12. The second kappa shape index (κ2) is 16.7. The summed E-state index contributed by atoms with van der Waals surface area (Å²) in [6.07, 6.45) is 11.1. The Morgan fingerprint density at radius 2 is 0.593 bits per heavy atom. The molecule has 0 fully saturated rings. The molecule has 286 valence electrons. The zero-order valence-corrected chi connectivity index (χ0v) is 33.7. The maximum absolute atomic E-state index is 2.44. The third-order valence-electron chi connectivity index (χ3n) is 11.9. The van der Waals surface area contributed by atoms with Crippen LogP contribution in [-0.2, 0) is 5.41 Å². The van der Waals surface area contributed by atoms with Crippen LogP contribution in [0.25, 0.3) is 35.4 Å². The molecule has 8 aromatic carbocycles. The van der Waals surface area contributed by atoms with Crippen LogP contribution in [0.1, 0.15) is 60.1 Å². The summed E-state index contributed by atoms with van der Waals surface area (Å²) in [6, 6.07) is 74.0. The van der Waals surface area contributed by atoms with Crippen molar-refractivity contribution in [3.63, 3.8) is 0 Å². The quantitative estimate of drug-likeness (QED) is 0.114. The van der Waals surface area contributed by atoms with Crippen molar-refractivity contribution in [2.24, 2.45) is 0 Å². The zero-order valence-electron chi connectivity index (χ0n) is 33.7. The number of para-hydroxylation sites is 4. The fourth-order valence-corrected chi connectivity index (χ4v) is 8.81. The summed E-state index contributed by atoms with van der Waals surface area (Å²) < 4.78 is 0. The van der Waals surface area contributed by atoms with E-state index in [4.69, 9.17) is 0 Å². The Kier molecular flexibility index (Phi) is 10.6. The molecule has 8 aromatic rings. The van der Waals surface area contributed by atoms with Gasteiger partial charge < -0.3 is 9.80 Å². The van der Waals surface area contributed by atoms with E-state index >= 15 is 0 Å². The number of hydrogen-bond donors (Lipinski definition) is 0. The van der Waals surface area contributed by atoms with Crippen LogP contribution in [0.5, 0.6) is 0 Å². The van der Waals surface area contributed by atoms with Gasteiger partial charge in [0, 0.05) is 39.5 Å². The third-order valence-corrected chi connectivity index (χ3v) is 11.9. The number of hydrogen-bond acceptors (Lipinski definition) is 2. The van der Waals surface area contributed by atoms with Gasteiger partial charge in [-0.2, -0.15) is 0 Å². The Labute approximate surface area is 349 Å². The van der Waals surface area contributed by atoms with Crippen molar-refractivity contribution in [1.82, 2.24) is 0 Å². The molecule has 0 saturated carbocycles. The van der Waals surface area contributed by atoms with Gasteiger partial charge in [0.2, 0.25) is 0 Å². The van der Waals surface area contributed by atoms with Gasteiger partial charge in [-0.15, -0.1) is 0 Å². The second-order valence-electron chi connectivity index (χ2n) is 15.3. The molecule has 59 heavy (non-hydrogen) atoms. The molecule has 1 aliphatic carbocycles. The van der Waals surface area contributed by atoms with Crippen molar-refractivity contribution in [3.8, 4) is 11.1 Å². The molecule has 0 saturated heterocycles. The average molecular weight is 761 g/mol. The van der Waals surface area contributed by atoms with Crippen molar-refractivity contribution in [3.05, 3.63) is 240 Å². The number of anilines is 6. The first kappa shape index (κ1) is 37.4. The van der Waals surface area contributed by atoms with Crippen LogP contribution in [-0.4, -0.2) is 0 Å². The largest absolute Gasteiger partial charge is 0.311 e. The molecule has 2 nitrogen and oxygen atoms in total. The summed E-state index contributed by atoms with van der Waals surface area (Å²) in [5.41, 5.74) is 17.2. The maximum atomic E-state index is 2.44. The monoisotopic (exact) mass is 760 g/mol. The summed E-state index contributed by atoms with van der Waals surface area (Å²) in [7, 11) is 0. The SMILES string of the molecule is CCC1(CC)c2cc(C=Cc3ccc(N(c4ccccc4)c4ccccc4)cc3)ccc2-c2ccc(C=Cc3ccc(N(c4ccccc4)c4ccccc4)cc3)cc21. The minimum atomic E-state index is -0.0294. The van der Waals surface area contributed by atoms with Crippen LogP contribution in [0.4, 0.5) is 34.1 Å². The minimum Gasteiger partial charge on any atom is -0.311 e. The molecule has 0 aliphatic heterocycles. The molecule has 0 unspecified atom stereocenters. The summed E-state index contributed by atoms with van der Waals surface area (Å²) in [5.74, 6) is 0. The summed E-state index contributed by atoms with van der Waals surface area (Å²) in [5, 5.41) is 0. The van der Waals surface area contributed by atoms with Crippen molar-refractivity contribution >= 4 is 58.4 Å². The number of nitrogens with zero attached hydrogens (tertiary/aromatic N) is 2. The molecule has 0 atom stereocenters. The van der Waals surface area contributed by atoms with Gasteiger partial charge in [-0.25, -0.2) is 0 Å². The first-order valence-corrected chi connectivity index (χ1v) is 20.8. The first-order chi connectivity index (χ1) is 29.1. The predicted molar refractivity (Wildman–Crippen MR) is 253 cm³/mol. The molecular formula is C57H48N2. The van der Waals surface area contributed by atoms with Crippen LogP contribution in [0.2, 0.25) is 0 Å². The second-order valence-corrected chi connectivity index (χ2v) is 15.3. The lowest BCUT2D eigenvalue weighted by molar-refractivity contribution is 0.490. The lowest BCUT2D eigenvalue weighted by Crippen LogP contribution is -2.23. The van der Waals surface area contributed by atoms with E-state index in [9.17, 15) is 0 Å². The van der Waals surface area contributed by atoms with E-state index in [1.54, 1.807) is 0 Å². The van der Waals surface area contributed by atoms with Crippen LogP contribution in [0.15, 0.2) is 206 Å². The highest BCUT2D eigenvalue weighted by molar-refractivity contribution is 5.86. The fraction of sp³-hybridized carbons (Fsp3) is 0.0877. The predicted octanol–water partition coefficient (Wildman–Crippen LogP) is 16.1. The van der Waals surface area contributed by atoms with Crippen LogP contribution in [0.3, 0.4) is 0 Å². The smallest absolute Gasteiger partial charge is 0.0462 e. The van der Waals surface area contributed by atoms with Gasteiger partial charge in [0.1, 0.15) is 0 Å². The Hall–Kier alpha value is -7.16. The topological polar surface area (TPSA) is 6.48 Å². The zero-order chi connectivity index (χ0) is 40.0. The molecule has 0 bridgehead atoms. The highest BCUT2D eigenvalue weighted by atomic mass is 15.1. The molecule has 9 rings (SSSR count). The van der Waals surface area contributed by atoms with Crippen molar-refractivity contribution in [1.29, 1.82) is 0 Å². The molecule has 0 radical (unpaired) electrons. The summed E-state index contributed by atoms with van der Waals surface area (Å²) in [4.78, 5) is 4.59. The van der Waals surface area contributed by atoms with Crippen molar-refractivity contribution < 1.29 is 0 Å². The lowest BCUT2D eigenvalue weighted by Gasteiger charge is -2.30. The third kappa shape index (κ3) is 7.54. The van der Waals surface area contributed by atoms with E-state index in [1.165, 1.54) is 44.5 Å². The average Bonchev–Trinajstić information content (AvgIpc) is 3.58. The maximum Gasteiger partial charge on any atom is 0.0462 e. The molecule has 0 heterocycles. The Bertz CT molecular complexity index is 2430.